The SMILES string of the molecule is N#C/C(=C(/N)c1ccoc1Cl)c1ccccc1. The monoisotopic (exact) mass is 244 g/mol. The van der Waals surface area contributed by atoms with Crippen LogP contribution < -0.4 is 5.73 Å². The van der Waals surface area contributed by atoms with Crippen LogP contribution in [0, 0.1) is 11.3 Å². The van der Waals surface area contributed by atoms with Gasteiger partial charge < -0.3 is 10.2 Å². The van der Waals surface area contributed by atoms with E-state index < -0.39 is 0 Å². The Morgan fingerprint density at radius 2 is 1.94 bits per heavy atom. The number of benzene rings is 1. The largest absolute Gasteiger partial charge is 0.452 e. The van der Waals surface area contributed by atoms with Crippen molar-refractivity contribution in [2.75, 3.05) is 0 Å². The highest BCUT2D eigenvalue weighted by atomic mass is 35.5. The van der Waals surface area contributed by atoms with Gasteiger partial charge in [0.05, 0.1) is 23.1 Å². The van der Waals surface area contributed by atoms with E-state index in [0.29, 0.717) is 16.8 Å². The van der Waals surface area contributed by atoms with Gasteiger partial charge in [-0.3, -0.25) is 0 Å². The number of furan rings is 1. The van der Waals surface area contributed by atoms with E-state index >= 15 is 0 Å². The standard InChI is InChI=1S/C13H9ClN2O/c14-13-10(6-7-17-13)12(16)11(8-15)9-4-2-1-3-5-9/h1-7H,16H2/b12-11-. The molecule has 1 aromatic carbocycles. The molecule has 1 heterocycles. The molecule has 4 heteroatoms. The van der Waals surface area contributed by atoms with E-state index in [-0.39, 0.29) is 5.22 Å². The molecule has 0 bridgehead atoms. The van der Waals surface area contributed by atoms with Gasteiger partial charge in [-0.05, 0) is 23.2 Å². The van der Waals surface area contributed by atoms with Gasteiger partial charge in [-0.15, -0.1) is 0 Å². The minimum atomic E-state index is 0.186. The van der Waals surface area contributed by atoms with Gasteiger partial charge >= 0.3 is 0 Å². The highest BCUT2D eigenvalue weighted by Crippen LogP contribution is 2.27. The normalized spacial score (nSPS) is 11.8. The van der Waals surface area contributed by atoms with E-state index in [1.54, 1.807) is 6.07 Å². The maximum Gasteiger partial charge on any atom is 0.202 e. The molecule has 0 saturated heterocycles. The first kappa shape index (κ1) is 11.3. The summed E-state index contributed by atoms with van der Waals surface area (Å²) >= 11 is 5.83. The maximum atomic E-state index is 9.18. The smallest absolute Gasteiger partial charge is 0.202 e. The quantitative estimate of drug-likeness (QED) is 0.825. The van der Waals surface area contributed by atoms with Crippen molar-refractivity contribution < 1.29 is 4.42 Å². The zero-order chi connectivity index (χ0) is 12.3. The van der Waals surface area contributed by atoms with Gasteiger partial charge in [0.2, 0.25) is 5.22 Å². The number of hydrogen-bond acceptors (Lipinski definition) is 3. The molecule has 2 N–H and O–H groups in total. The molecule has 0 amide bonds. The summed E-state index contributed by atoms with van der Waals surface area (Å²) in [6, 6.07) is 12.9. The Balaban J connectivity index is 2.57. The van der Waals surface area contributed by atoms with Crippen LogP contribution in [0.4, 0.5) is 0 Å². The molecule has 0 atom stereocenters. The second-order valence-electron chi connectivity index (χ2n) is 3.37. The Kier molecular flexibility index (Phi) is 3.17. The van der Waals surface area contributed by atoms with Gasteiger partial charge in [-0.25, -0.2) is 0 Å². The fourth-order valence-electron chi connectivity index (χ4n) is 1.51. The van der Waals surface area contributed by atoms with Crippen molar-refractivity contribution in [1.29, 1.82) is 5.26 Å². The van der Waals surface area contributed by atoms with E-state index in [2.05, 4.69) is 6.07 Å². The predicted octanol–water partition coefficient (Wildman–Crippen LogP) is 3.28. The Hall–Kier alpha value is -2.18. The van der Waals surface area contributed by atoms with E-state index in [1.165, 1.54) is 6.26 Å². The average Bonchev–Trinajstić information content (AvgIpc) is 2.77. The highest BCUT2D eigenvalue weighted by Gasteiger charge is 2.12. The minimum absolute atomic E-state index is 0.186. The zero-order valence-electron chi connectivity index (χ0n) is 8.85. The molecule has 2 aromatic rings. The van der Waals surface area contributed by atoms with Gasteiger partial charge in [0, 0.05) is 0 Å². The lowest BCUT2D eigenvalue weighted by atomic mass is 10.0. The van der Waals surface area contributed by atoms with Crippen molar-refractivity contribution in [1.82, 2.24) is 0 Å². The topological polar surface area (TPSA) is 63.0 Å². The second kappa shape index (κ2) is 4.77. The van der Waals surface area contributed by atoms with Crippen LogP contribution in [0.5, 0.6) is 0 Å². The van der Waals surface area contributed by atoms with Gasteiger partial charge in [-0.2, -0.15) is 5.26 Å². The van der Waals surface area contributed by atoms with Crippen LogP contribution >= 0.6 is 11.6 Å². The third-order valence-corrected chi connectivity index (χ3v) is 2.64. The van der Waals surface area contributed by atoms with Crippen LogP contribution in [0.15, 0.2) is 47.1 Å². The lowest BCUT2D eigenvalue weighted by molar-refractivity contribution is 0.568. The lowest BCUT2D eigenvalue weighted by Crippen LogP contribution is -1.99. The van der Waals surface area contributed by atoms with Crippen LogP contribution in [-0.4, -0.2) is 0 Å². The number of nitrogens with zero attached hydrogens (tertiary/aromatic N) is 1. The molecule has 0 radical (unpaired) electrons. The second-order valence-corrected chi connectivity index (χ2v) is 3.72. The molecular formula is C13H9ClN2O. The van der Waals surface area contributed by atoms with Crippen molar-refractivity contribution in [3.63, 3.8) is 0 Å². The molecule has 0 aliphatic carbocycles. The van der Waals surface area contributed by atoms with E-state index in [1.807, 2.05) is 30.3 Å². The molecule has 1 aromatic heterocycles. The highest BCUT2D eigenvalue weighted by molar-refractivity contribution is 6.31. The van der Waals surface area contributed by atoms with E-state index in [9.17, 15) is 5.26 Å². The molecule has 2 rings (SSSR count). The molecule has 3 nitrogen and oxygen atoms in total. The Morgan fingerprint density at radius 3 is 2.47 bits per heavy atom. The lowest BCUT2D eigenvalue weighted by Gasteiger charge is -2.04. The van der Waals surface area contributed by atoms with E-state index in [0.717, 1.165) is 5.56 Å². The van der Waals surface area contributed by atoms with Crippen LogP contribution in [0.25, 0.3) is 11.3 Å². The number of rotatable bonds is 2. The van der Waals surface area contributed by atoms with E-state index in [4.69, 9.17) is 21.8 Å². The fourth-order valence-corrected chi connectivity index (χ4v) is 1.72. The molecule has 0 spiro atoms. The van der Waals surface area contributed by atoms with Crippen molar-refractivity contribution >= 4 is 22.9 Å². The maximum absolute atomic E-state index is 9.18. The number of nitriles is 1. The van der Waals surface area contributed by atoms with Crippen molar-refractivity contribution in [2.24, 2.45) is 5.73 Å². The van der Waals surface area contributed by atoms with Gasteiger partial charge in [0.15, 0.2) is 0 Å². The summed E-state index contributed by atoms with van der Waals surface area (Å²) in [5.41, 5.74) is 7.93. The Morgan fingerprint density at radius 1 is 1.24 bits per heavy atom. The molecule has 0 unspecified atom stereocenters. The van der Waals surface area contributed by atoms with Gasteiger partial charge in [0.1, 0.15) is 6.07 Å². The van der Waals surface area contributed by atoms with Crippen LogP contribution in [0.1, 0.15) is 11.1 Å². The third kappa shape index (κ3) is 2.17. The Bertz CT molecular complexity index is 593. The molecular weight excluding hydrogens is 236 g/mol. The summed E-state index contributed by atoms with van der Waals surface area (Å²) in [6.07, 6.45) is 1.44. The number of halogens is 1. The first-order valence-corrected chi connectivity index (χ1v) is 5.30. The number of allylic oxidation sites excluding steroid dienone is 1. The number of hydrogen-bond donors (Lipinski definition) is 1. The zero-order valence-corrected chi connectivity index (χ0v) is 9.61. The van der Waals surface area contributed by atoms with Gasteiger partial charge in [-0.1, -0.05) is 30.3 Å². The first-order valence-electron chi connectivity index (χ1n) is 4.92. The summed E-state index contributed by atoms with van der Waals surface area (Å²) in [5.74, 6) is 0. The summed E-state index contributed by atoms with van der Waals surface area (Å²) in [5, 5.41) is 9.36. The summed E-state index contributed by atoms with van der Waals surface area (Å²) in [4.78, 5) is 0. The molecule has 0 aliphatic rings. The molecule has 0 saturated carbocycles. The average molecular weight is 245 g/mol. The number of nitrogens with two attached hydrogens (primary N) is 1. The molecule has 17 heavy (non-hydrogen) atoms. The van der Waals surface area contributed by atoms with Crippen molar-refractivity contribution in [3.05, 3.63) is 59.0 Å². The summed E-state index contributed by atoms with van der Waals surface area (Å²) in [7, 11) is 0. The van der Waals surface area contributed by atoms with Crippen LogP contribution in [-0.2, 0) is 0 Å². The fraction of sp³-hybridized carbons (Fsp3) is 0. The first-order chi connectivity index (χ1) is 8.24. The summed E-state index contributed by atoms with van der Waals surface area (Å²) < 4.78 is 4.96. The molecule has 0 fully saturated rings. The summed E-state index contributed by atoms with van der Waals surface area (Å²) in [6.45, 7) is 0. The van der Waals surface area contributed by atoms with Gasteiger partial charge in [0.25, 0.3) is 0 Å². The van der Waals surface area contributed by atoms with Crippen LogP contribution in [0.3, 0.4) is 0 Å². The molecule has 0 aliphatic heterocycles. The van der Waals surface area contributed by atoms with Crippen molar-refractivity contribution in [3.8, 4) is 6.07 Å². The van der Waals surface area contributed by atoms with Crippen LogP contribution in [0.2, 0.25) is 5.22 Å². The predicted molar refractivity (Wildman–Crippen MR) is 66.8 cm³/mol. The third-order valence-electron chi connectivity index (χ3n) is 2.35. The van der Waals surface area contributed by atoms with Crippen molar-refractivity contribution in [2.45, 2.75) is 0 Å². The molecule has 84 valence electrons. The minimum Gasteiger partial charge on any atom is -0.452 e. The Labute approximate surface area is 104 Å².